The summed E-state index contributed by atoms with van der Waals surface area (Å²) < 4.78 is 7.71. The van der Waals surface area contributed by atoms with E-state index in [9.17, 15) is 0 Å². The number of anilines is 6. The van der Waals surface area contributed by atoms with Gasteiger partial charge >= 0.3 is 0 Å². The van der Waals surface area contributed by atoms with E-state index in [1.54, 1.807) is 0 Å². The molecule has 3 heterocycles. The van der Waals surface area contributed by atoms with Crippen LogP contribution in [0.5, 0.6) is 0 Å². The SMILES string of the molecule is CC(C)(C)c1ccc2c(c1)N(c1ccc3c(c1)C(C)(C)CCC3(C)C)c1cc(C3CCCCC3)cc3c1B2c1oc2cc4c(cc2c1N3c1ccc2c(c1)C(C)(C)CCC2(C)C)C(C)(C)CCC4(C)C. The molecule has 0 amide bonds. The van der Waals surface area contributed by atoms with Gasteiger partial charge < -0.3 is 14.2 Å². The van der Waals surface area contributed by atoms with E-state index in [0.717, 1.165) is 11.2 Å². The Morgan fingerprint density at radius 1 is 0.486 bits per heavy atom. The molecule has 4 heteroatoms. The minimum absolute atomic E-state index is 0.0285. The van der Waals surface area contributed by atoms with E-state index in [1.165, 1.54) is 166 Å². The van der Waals surface area contributed by atoms with E-state index in [-0.39, 0.29) is 44.6 Å². The molecule has 1 saturated carbocycles. The fourth-order valence-electron chi connectivity index (χ4n) is 14.7. The molecule has 0 saturated heterocycles. The highest BCUT2D eigenvalue weighted by molar-refractivity contribution is 7.00. The van der Waals surface area contributed by atoms with E-state index >= 15 is 0 Å². The Bertz CT molecular complexity index is 3160. The number of hydrogen-bond donors (Lipinski definition) is 0. The fourth-order valence-corrected chi connectivity index (χ4v) is 14.7. The Labute approximate surface area is 422 Å². The minimum Gasteiger partial charge on any atom is -0.468 e. The molecule has 4 aliphatic carbocycles. The molecular formula is C66H81BN2O. The van der Waals surface area contributed by atoms with Crippen molar-refractivity contribution in [2.45, 2.75) is 218 Å². The lowest BCUT2D eigenvalue weighted by Gasteiger charge is -2.46. The smallest absolute Gasteiger partial charge is 0.297 e. The van der Waals surface area contributed by atoms with Gasteiger partial charge in [0.25, 0.3) is 6.71 Å². The normalized spacial score (nSPS) is 22.1. The van der Waals surface area contributed by atoms with Crippen LogP contribution in [0.3, 0.4) is 0 Å². The Hall–Kier alpha value is -4.70. The summed E-state index contributed by atoms with van der Waals surface area (Å²) in [7, 11) is 0. The maximum atomic E-state index is 7.71. The summed E-state index contributed by atoms with van der Waals surface area (Å²) in [5.41, 5.74) is 24.8. The molecular weight excluding hydrogens is 848 g/mol. The van der Waals surface area contributed by atoms with Crippen LogP contribution in [0.4, 0.5) is 34.1 Å². The predicted octanol–water partition coefficient (Wildman–Crippen LogP) is 16.9. The molecule has 12 rings (SSSR count). The third-order valence-corrected chi connectivity index (χ3v) is 19.8. The highest BCUT2D eigenvalue weighted by atomic mass is 16.3. The van der Waals surface area contributed by atoms with Crippen molar-refractivity contribution in [2.24, 2.45) is 0 Å². The second-order valence-electron chi connectivity index (χ2n) is 28.4. The summed E-state index contributed by atoms with van der Waals surface area (Å²) >= 11 is 0. The van der Waals surface area contributed by atoms with Crippen LogP contribution in [0.1, 0.15) is 225 Å². The Kier molecular flexibility index (Phi) is 9.90. The largest absolute Gasteiger partial charge is 0.468 e. The summed E-state index contributed by atoms with van der Waals surface area (Å²) in [6.07, 6.45) is 13.5. The number of nitrogens with zero attached hydrogens (tertiary/aromatic N) is 2. The van der Waals surface area contributed by atoms with E-state index in [4.69, 9.17) is 4.42 Å². The van der Waals surface area contributed by atoms with Crippen molar-refractivity contribution in [2.75, 3.05) is 9.80 Å². The molecule has 6 aliphatic rings. The van der Waals surface area contributed by atoms with Crippen LogP contribution in [-0.4, -0.2) is 6.71 Å². The molecule has 0 atom stereocenters. The van der Waals surface area contributed by atoms with Crippen molar-refractivity contribution in [1.29, 1.82) is 0 Å². The van der Waals surface area contributed by atoms with E-state index in [1.807, 2.05) is 0 Å². The van der Waals surface area contributed by atoms with Crippen LogP contribution in [0, 0.1) is 0 Å². The molecule has 6 aromatic rings. The van der Waals surface area contributed by atoms with Crippen LogP contribution in [0.25, 0.3) is 11.0 Å². The minimum atomic E-state index is -0.0802. The summed E-state index contributed by atoms with van der Waals surface area (Å²) in [4.78, 5) is 5.44. The second-order valence-corrected chi connectivity index (χ2v) is 28.4. The van der Waals surface area contributed by atoms with E-state index in [0.29, 0.717) is 5.92 Å². The topological polar surface area (TPSA) is 19.6 Å². The van der Waals surface area contributed by atoms with Gasteiger partial charge in [-0.25, -0.2) is 0 Å². The first kappa shape index (κ1) is 46.4. The van der Waals surface area contributed by atoms with E-state index < -0.39 is 0 Å². The Morgan fingerprint density at radius 2 is 0.957 bits per heavy atom. The third kappa shape index (κ3) is 6.86. The van der Waals surface area contributed by atoms with Gasteiger partial charge in [-0.05, 0) is 205 Å². The molecule has 0 N–H and O–H groups in total. The van der Waals surface area contributed by atoms with Crippen molar-refractivity contribution in [3.8, 4) is 0 Å². The monoisotopic (exact) mass is 929 g/mol. The fraction of sp³-hybridized carbons (Fsp3) is 0.515. The number of rotatable bonds is 3. The van der Waals surface area contributed by atoms with Gasteiger partial charge in [-0.2, -0.15) is 0 Å². The van der Waals surface area contributed by atoms with Crippen LogP contribution in [0.15, 0.2) is 83.3 Å². The number of hydrogen-bond acceptors (Lipinski definition) is 3. The lowest BCUT2D eigenvalue weighted by atomic mass is 9.35. The molecule has 3 nitrogen and oxygen atoms in total. The maximum absolute atomic E-state index is 7.71. The second kappa shape index (κ2) is 14.9. The van der Waals surface area contributed by atoms with Crippen LogP contribution >= 0.6 is 0 Å². The molecule has 0 radical (unpaired) electrons. The summed E-state index contributed by atoms with van der Waals surface area (Å²) in [6, 6.07) is 33.1. The molecule has 1 fully saturated rings. The molecule has 364 valence electrons. The maximum Gasteiger partial charge on any atom is 0.297 e. The van der Waals surface area contributed by atoms with Gasteiger partial charge in [0, 0.05) is 33.8 Å². The quantitative estimate of drug-likeness (QED) is 0.165. The van der Waals surface area contributed by atoms with Gasteiger partial charge in [0.2, 0.25) is 0 Å². The molecule has 0 unspecified atom stereocenters. The molecule has 5 aromatic carbocycles. The zero-order chi connectivity index (χ0) is 49.5. The molecule has 1 aromatic heterocycles. The Morgan fingerprint density at radius 3 is 1.49 bits per heavy atom. The summed E-state index contributed by atoms with van der Waals surface area (Å²) in [5, 5.41) is 1.25. The Balaban J connectivity index is 1.22. The summed E-state index contributed by atoms with van der Waals surface area (Å²) in [5.74, 6) is 0.517. The molecule has 0 spiro atoms. The van der Waals surface area contributed by atoms with Gasteiger partial charge in [-0.15, -0.1) is 0 Å². The van der Waals surface area contributed by atoms with Crippen molar-refractivity contribution in [1.82, 2.24) is 0 Å². The molecule has 70 heavy (non-hydrogen) atoms. The standard InChI is InChI=1S/C66H81BN2O/c1-60(2,3)42-21-26-52-53(35-42)68(43-22-24-46-48(36-43)63(8,9)29-27-61(46,4)5)54-33-41(40-19-17-16-18-20-40)34-55-57(54)67(52)59-58(45-38-50-51(39-56(45)70-59)66(14,15)32-31-65(50,12)13)69(55)44-23-25-47-49(37-44)64(10,11)30-28-62(47,6)7/h21-26,33-40H,16-20,27-32H2,1-15H3. The van der Waals surface area contributed by atoms with Gasteiger partial charge in [-0.1, -0.05) is 147 Å². The number of furan rings is 1. The van der Waals surface area contributed by atoms with Crippen LogP contribution < -0.4 is 26.4 Å². The zero-order valence-electron chi connectivity index (χ0n) is 45.7. The van der Waals surface area contributed by atoms with Crippen LogP contribution in [0.2, 0.25) is 0 Å². The lowest BCUT2D eigenvalue weighted by molar-refractivity contribution is 0.332. The van der Waals surface area contributed by atoms with Gasteiger partial charge in [-0.3, -0.25) is 0 Å². The van der Waals surface area contributed by atoms with Gasteiger partial charge in [0.05, 0.1) is 11.3 Å². The highest BCUT2D eigenvalue weighted by Crippen LogP contribution is 2.55. The van der Waals surface area contributed by atoms with Gasteiger partial charge in [0.15, 0.2) is 0 Å². The zero-order valence-corrected chi connectivity index (χ0v) is 45.7. The van der Waals surface area contributed by atoms with Crippen molar-refractivity contribution in [3.05, 3.63) is 123 Å². The first-order valence-electron chi connectivity index (χ1n) is 27.6. The third-order valence-electron chi connectivity index (χ3n) is 19.8. The predicted molar refractivity (Wildman–Crippen MR) is 301 cm³/mol. The summed E-state index contributed by atoms with van der Waals surface area (Å²) in [6.45, 7) is 36.7. The van der Waals surface area contributed by atoms with Crippen molar-refractivity contribution < 1.29 is 4.42 Å². The highest BCUT2D eigenvalue weighted by Gasteiger charge is 2.50. The van der Waals surface area contributed by atoms with Crippen molar-refractivity contribution >= 4 is 68.4 Å². The average Bonchev–Trinajstić information content (AvgIpc) is 3.68. The average molecular weight is 929 g/mol. The molecule has 0 bridgehead atoms. The van der Waals surface area contributed by atoms with Crippen LogP contribution in [-0.2, 0) is 37.9 Å². The lowest BCUT2D eigenvalue weighted by Crippen LogP contribution is -2.61. The van der Waals surface area contributed by atoms with Gasteiger partial charge in [0.1, 0.15) is 5.58 Å². The van der Waals surface area contributed by atoms with Crippen molar-refractivity contribution in [3.63, 3.8) is 0 Å². The molecule has 2 aliphatic heterocycles. The number of fused-ring (bicyclic) bond motifs is 9. The number of benzene rings is 5. The van der Waals surface area contributed by atoms with E-state index in [2.05, 4.69) is 193 Å². The first-order chi connectivity index (χ1) is 32.8. The first-order valence-corrected chi connectivity index (χ1v) is 27.6.